The molecular formula is C9H17NS. The van der Waals surface area contributed by atoms with Crippen molar-refractivity contribution in [2.24, 2.45) is 5.41 Å². The molecule has 0 fully saturated rings. The van der Waals surface area contributed by atoms with Gasteiger partial charge in [0, 0.05) is 0 Å². The van der Waals surface area contributed by atoms with Crippen LogP contribution in [0.3, 0.4) is 0 Å². The zero-order valence-electron chi connectivity index (χ0n) is 7.68. The minimum Gasteiger partial charge on any atom is -0.198 e. The molecule has 0 saturated carbocycles. The van der Waals surface area contributed by atoms with E-state index >= 15 is 0 Å². The Bertz CT molecular complexity index is 135. The highest BCUT2D eigenvalue weighted by Crippen LogP contribution is 2.21. The molecule has 0 rings (SSSR count). The molecule has 0 atom stereocenters. The summed E-state index contributed by atoms with van der Waals surface area (Å²) in [6, 6.07) is 2.30. The largest absolute Gasteiger partial charge is 0.198 e. The van der Waals surface area contributed by atoms with Gasteiger partial charge in [0.25, 0.3) is 0 Å². The lowest BCUT2D eigenvalue weighted by molar-refractivity contribution is 0.482. The molecule has 11 heavy (non-hydrogen) atoms. The van der Waals surface area contributed by atoms with Gasteiger partial charge in [0.1, 0.15) is 0 Å². The van der Waals surface area contributed by atoms with Crippen LogP contribution in [0, 0.1) is 16.7 Å². The van der Waals surface area contributed by atoms with Crippen molar-refractivity contribution in [3.63, 3.8) is 0 Å². The summed E-state index contributed by atoms with van der Waals surface area (Å²) >= 11 is 1.94. The molecule has 0 aliphatic carbocycles. The van der Waals surface area contributed by atoms with Crippen LogP contribution in [0.2, 0.25) is 0 Å². The minimum absolute atomic E-state index is 0.124. The Kier molecular flexibility index (Phi) is 5.41. The number of hydrogen-bond acceptors (Lipinski definition) is 2. The molecule has 0 aromatic heterocycles. The van der Waals surface area contributed by atoms with E-state index in [-0.39, 0.29) is 5.41 Å². The van der Waals surface area contributed by atoms with Crippen LogP contribution < -0.4 is 0 Å². The van der Waals surface area contributed by atoms with E-state index in [1.165, 1.54) is 12.2 Å². The van der Waals surface area contributed by atoms with Gasteiger partial charge in [-0.3, -0.25) is 0 Å². The van der Waals surface area contributed by atoms with Crippen LogP contribution in [0.1, 0.15) is 33.6 Å². The molecule has 0 N–H and O–H groups in total. The number of nitriles is 1. The van der Waals surface area contributed by atoms with Crippen molar-refractivity contribution in [1.82, 2.24) is 0 Å². The average molecular weight is 171 g/mol. The number of nitrogens with zero attached hydrogens (tertiary/aromatic N) is 1. The molecule has 64 valence electrons. The first-order valence-electron chi connectivity index (χ1n) is 4.11. The smallest absolute Gasteiger partial charge is 0.0684 e. The van der Waals surface area contributed by atoms with Crippen molar-refractivity contribution >= 4 is 11.8 Å². The summed E-state index contributed by atoms with van der Waals surface area (Å²) in [5.74, 6) is 2.34. The maximum Gasteiger partial charge on any atom is 0.0684 e. The van der Waals surface area contributed by atoms with Gasteiger partial charge in [0.05, 0.1) is 11.5 Å². The van der Waals surface area contributed by atoms with E-state index in [9.17, 15) is 0 Å². The summed E-state index contributed by atoms with van der Waals surface area (Å²) < 4.78 is 0. The molecule has 0 spiro atoms. The highest BCUT2D eigenvalue weighted by Gasteiger charge is 2.15. The third kappa shape index (κ3) is 6.25. The molecular weight excluding hydrogens is 154 g/mol. The molecule has 0 heterocycles. The van der Waals surface area contributed by atoms with E-state index < -0.39 is 0 Å². The SMILES string of the molecule is CCCSCCC(C)(C)C#N. The van der Waals surface area contributed by atoms with Gasteiger partial charge in [0.2, 0.25) is 0 Å². The quantitative estimate of drug-likeness (QED) is 0.594. The van der Waals surface area contributed by atoms with Crippen LogP contribution >= 0.6 is 11.8 Å². The third-order valence-electron chi connectivity index (χ3n) is 1.52. The summed E-state index contributed by atoms with van der Waals surface area (Å²) in [4.78, 5) is 0. The number of hydrogen-bond donors (Lipinski definition) is 0. The monoisotopic (exact) mass is 171 g/mol. The second kappa shape index (κ2) is 5.49. The molecule has 0 saturated heterocycles. The van der Waals surface area contributed by atoms with E-state index in [4.69, 9.17) is 5.26 Å². The van der Waals surface area contributed by atoms with Gasteiger partial charge in [0.15, 0.2) is 0 Å². The van der Waals surface area contributed by atoms with E-state index in [0.29, 0.717) is 0 Å². The van der Waals surface area contributed by atoms with Gasteiger partial charge in [-0.05, 0) is 38.2 Å². The summed E-state index contributed by atoms with van der Waals surface area (Å²) in [5.41, 5.74) is -0.124. The second-order valence-electron chi connectivity index (χ2n) is 3.36. The highest BCUT2D eigenvalue weighted by atomic mass is 32.2. The first-order valence-corrected chi connectivity index (χ1v) is 5.27. The molecule has 1 nitrogen and oxygen atoms in total. The molecule has 0 bridgehead atoms. The lowest BCUT2D eigenvalue weighted by atomic mass is 9.93. The van der Waals surface area contributed by atoms with Crippen molar-refractivity contribution in [2.75, 3.05) is 11.5 Å². The van der Waals surface area contributed by atoms with Gasteiger partial charge in [-0.25, -0.2) is 0 Å². The third-order valence-corrected chi connectivity index (χ3v) is 2.71. The van der Waals surface area contributed by atoms with E-state index in [2.05, 4.69) is 13.0 Å². The number of rotatable bonds is 5. The van der Waals surface area contributed by atoms with Crippen LogP contribution in [0.4, 0.5) is 0 Å². The maximum atomic E-state index is 8.69. The van der Waals surface area contributed by atoms with Gasteiger partial charge < -0.3 is 0 Å². The zero-order chi connectivity index (χ0) is 8.74. The lowest BCUT2D eigenvalue weighted by Gasteiger charge is -2.13. The van der Waals surface area contributed by atoms with Crippen molar-refractivity contribution in [3.05, 3.63) is 0 Å². The zero-order valence-corrected chi connectivity index (χ0v) is 8.50. The predicted molar refractivity (Wildman–Crippen MR) is 51.6 cm³/mol. The Morgan fingerprint density at radius 3 is 2.45 bits per heavy atom. The van der Waals surface area contributed by atoms with Gasteiger partial charge in [-0.15, -0.1) is 0 Å². The van der Waals surface area contributed by atoms with Gasteiger partial charge >= 0.3 is 0 Å². The molecule has 0 aromatic rings. The molecule has 2 heteroatoms. The van der Waals surface area contributed by atoms with Crippen molar-refractivity contribution in [2.45, 2.75) is 33.6 Å². The normalized spacial score (nSPS) is 11.1. The van der Waals surface area contributed by atoms with Crippen LogP contribution in [0.5, 0.6) is 0 Å². The van der Waals surface area contributed by atoms with Crippen LogP contribution in [0.15, 0.2) is 0 Å². The van der Waals surface area contributed by atoms with Crippen LogP contribution in [0.25, 0.3) is 0 Å². The summed E-state index contributed by atoms with van der Waals surface area (Å²) in [7, 11) is 0. The fourth-order valence-corrected chi connectivity index (χ4v) is 1.78. The summed E-state index contributed by atoms with van der Waals surface area (Å²) in [6.07, 6.45) is 2.24. The molecule has 0 unspecified atom stereocenters. The molecule has 0 aliphatic heterocycles. The second-order valence-corrected chi connectivity index (χ2v) is 4.58. The first kappa shape index (κ1) is 10.8. The van der Waals surface area contributed by atoms with Gasteiger partial charge in [-0.2, -0.15) is 17.0 Å². The summed E-state index contributed by atoms with van der Waals surface area (Å²) in [6.45, 7) is 6.18. The van der Waals surface area contributed by atoms with Crippen LogP contribution in [-0.4, -0.2) is 11.5 Å². The molecule has 0 aromatic carbocycles. The Morgan fingerprint density at radius 2 is 2.00 bits per heavy atom. The standard InChI is InChI=1S/C9H17NS/c1-4-6-11-7-5-9(2,3)8-10/h4-7H2,1-3H3. The van der Waals surface area contributed by atoms with E-state index in [1.54, 1.807) is 0 Å². The van der Waals surface area contributed by atoms with Gasteiger partial charge in [-0.1, -0.05) is 6.92 Å². The maximum absolute atomic E-state index is 8.69. The fraction of sp³-hybridized carbons (Fsp3) is 0.889. The van der Waals surface area contributed by atoms with Crippen LogP contribution in [-0.2, 0) is 0 Å². The van der Waals surface area contributed by atoms with E-state index in [0.717, 1.165) is 12.2 Å². The predicted octanol–water partition coefficient (Wildman–Crippen LogP) is 3.07. The Balaban J connectivity index is 3.32. The van der Waals surface area contributed by atoms with E-state index in [1.807, 2.05) is 25.6 Å². The lowest BCUT2D eigenvalue weighted by Crippen LogP contribution is -2.08. The minimum atomic E-state index is -0.124. The molecule has 0 aliphatic rings. The highest BCUT2D eigenvalue weighted by molar-refractivity contribution is 7.99. The number of thioether (sulfide) groups is 1. The summed E-state index contributed by atoms with van der Waals surface area (Å²) in [5, 5.41) is 8.69. The molecule has 0 radical (unpaired) electrons. The average Bonchev–Trinajstić information content (AvgIpc) is 1.99. The van der Waals surface area contributed by atoms with Crippen molar-refractivity contribution in [3.8, 4) is 6.07 Å². The van der Waals surface area contributed by atoms with Crippen molar-refractivity contribution in [1.29, 1.82) is 5.26 Å². The fourth-order valence-electron chi connectivity index (χ4n) is 0.630. The topological polar surface area (TPSA) is 23.8 Å². The van der Waals surface area contributed by atoms with Crippen molar-refractivity contribution < 1.29 is 0 Å². The first-order chi connectivity index (χ1) is 5.12. The Hall–Kier alpha value is -0.160. The molecule has 0 amide bonds. The Labute approximate surface area is 74.2 Å². The Morgan fingerprint density at radius 1 is 1.36 bits per heavy atom.